The molecule has 0 aromatic heterocycles. The Labute approximate surface area is 127 Å². The average Bonchev–Trinajstić information content (AvgIpc) is 3.01. The Morgan fingerprint density at radius 1 is 1.33 bits per heavy atom. The molecule has 1 fully saturated rings. The second-order valence-electron chi connectivity index (χ2n) is 5.46. The van der Waals surface area contributed by atoms with Crippen molar-refractivity contribution in [2.45, 2.75) is 18.9 Å². The van der Waals surface area contributed by atoms with Crippen LogP contribution in [0.1, 0.15) is 17.5 Å². The van der Waals surface area contributed by atoms with Crippen molar-refractivity contribution in [2.24, 2.45) is 5.92 Å². The van der Waals surface area contributed by atoms with Gasteiger partial charge in [-0.1, -0.05) is 48.1 Å². The predicted molar refractivity (Wildman–Crippen MR) is 83.3 cm³/mol. The minimum Gasteiger partial charge on any atom is -0.480 e. The van der Waals surface area contributed by atoms with Crippen molar-refractivity contribution in [1.29, 1.82) is 0 Å². The lowest BCUT2D eigenvalue weighted by Gasteiger charge is -2.14. The minimum absolute atomic E-state index is 0.101. The lowest BCUT2D eigenvalue weighted by atomic mass is 9.91. The number of carboxylic acids is 1. The zero-order valence-electron chi connectivity index (χ0n) is 11.3. The van der Waals surface area contributed by atoms with Gasteiger partial charge in [0.2, 0.25) is 0 Å². The van der Waals surface area contributed by atoms with E-state index in [2.05, 4.69) is 5.32 Å². The molecule has 1 heterocycles. The maximum atomic E-state index is 12.4. The number of benzene rings is 1. The van der Waals surface area contributed by atoms with Gasteiger partial charge in [0.05, 0.1) is 5.92 Å². The Kier molecular flexibility index (Phi) is 3.69. The number of allylic oxidation sites excluding steroid dienone is 1. The first-order chi connectivity index (χ1) is 10.1. The van der Waals surface area contributed by atoms with Gasteiger partial charge in [-0.05, 0) is 17.5 Å². The zero-order valence-corrected chi connectivity index (χ0v) is 12.2. The molecule has 1 aliphatic carbocycles. The molecule has 1 aliphatic heterocycles. The number of ketones is 1. The quantitative estimate of drug-likeness (QED) is 0.827. The molecule has 0 spiro atoms. The molecular formula is C16H15NO3S. The van der Waals surface area contributed by atoms with E-state index in [0.29, 0.717) is 11.4 Å². The van der Waals surface area contributed by atoms with Crippen LogP contribution in [0.25, 0.3) is 6.08 Å². The standard InChI is InChI=1S/C16H15NO3S/c18-12(14-13(21)8-17-15(14)16(19)20)7-9-5-10-3-1-2-4-11(10)6-9/h1-5,14-15,17H,6-8H2,(H,19,20)/t14?,15-/m0/s1. The predicted octanol–water partition coefficient (Wildman–Crippen LogP) is 1.63. The van der Waals surface area contributed by atoms with Crippen LogP contribution < -0.4 is 5.32 Å². The highest BCUT2D eigenvalue weighted by Crippen LogP contribution is 2.28. The van der Waals surface area contributed by atoms with Gasteiger partial charge in [0, 0.05) is 17.8 Å². The molecule has 2 N–H and O–H groups in total. The lowest BCUT2D eigenvalue weighted by Crippen LogP contribution is -2.39. The van der Waals surface area contributed by atoms with E-state index < -0.39 is 17.9 Å². The van der Waals surface area contributed by atoms with Gasteiger partial charge >= 0.3 is 5.97 Å². The fourth-order valence-electron chi connectivity index (χ4n) is 3.02. The summed E-state index contributed by atoms with van der Waals surface area (Å²) in [4.78, 5) is 24.1. The zero-order chi connectivity index (χ0) is 15.0. The topological polar surface area (TPSA) is 66.4 Å². The van der Waals surface area contributed by atoms with E-state index >= 15 is 0 Å². The van der Waals surface area contributed by atoms with Crippen LogP contribution in [-0.4, -0.2) is 34.3 Å². The number of carbonyl (C=O) groups is 2. The van der Waals surface area contributed by atoms with Crippen LogP contribution in [0.3, 0.4) is 0 Å². The van der Waals surface area contributed by atoms with Gasteiger partial charge in [-0.25, -0.2) is 0 Å². The number of hydrogen-bond donors (Lipinski definition) is 2. The molecule has 0 bridgehead atoms. The molecule has 108 valence electrons. The van der Waals surface area contributed by atoms with Crippen molar-refractivity contribution >= 4 is 34.9 Å². The number of aliphatic carboxylic acids is 1. The molecule has 4 nitrogen and oxygen atoms in total. The molecule has 1 aromatic rings. The molecule has 1 saturated heterocycles. The summed E-state index contributed by atoms with van der Waals surface area (Å²) in [5, 5.41) is 12.0. The number of thiocarbonyl (C=S) groups is 1. The first-order valence-corrected chi connectivity index (χ1v) is 7.26. The Hall–Kier alpha value is -1.85. The van der Waals surface area contributed by atoms with E-state index in [0.717, 1.165) is 17.6 Å². The van der Waals surface area contributed by atoms with Crippen LogP contribution in [-0.2, 0) is 16.0 Å². The van der Waals surface area contributed by atoms with Crippen LogP contribution in [0.2, 0.25) is 0 Å². The van der Waals surface area contributed by atoms with Crippen LogP contribution in [0.15, 0.2) is 29.8 Å². The molecule has 21 heavy (non-hydrogen) atoms. The van der Waals surface area contributed by atoms with E-state index in [1.807, 2.05) is 30.3 Å². The molecule has 3 rings (SSSR count). The Balaban J connectivity index is 1.73. The Morgan fingerprint density at radius 3 is 2.81 bits per heavy atom. The number of hydrogen-bond acceptors (Lipinski definition) is 4. The fraction of sp³-hybridized carbons (Fsp3) is 0.312. The number of Topliss-reactive ketones (excluding diaryl/α,β-unsaturated/α-hetero) is 1. The lowest BCUT2D eigenvalue weighted by molar-refractivity contribution is -0.141. The number of rotatable bonds is 4. The third-order valence-electron chi connectivity index (χ3n) is 4.02. The van der Waals surface area contributed by atoms with Gasteiger partial charge in [-0.15, -0.1) is 0 Å². The van der Waals surface area contributed by atoms with Crippen molar-refractivity contribution < 1.29 is 14.7 Å². The smallest absolute Gasteiger partial charge is 0.321 e. The summed E-state index contributed by atoms with van der Waals surface area (Å²) in [6.07, 6.45) is 3.05. The van der Waals surface area contributed by atoms with E-state index in [1.165, 1.54) is 5.56 Å². The second kappa shape index (κ2) is 5.50. The van der Waals surface area contributed by atoms with Crippen LogP contribution >= 0.6 is 12.2 Å². The van der Waals surface area contributed by atoms with E-state index in [9.17, 15) is 9.59 Å². The van der Waals surface area contributed by atoms with E-state index in [4.69, 9.17) is 17.3 Å². The van der Waals surface area contributed by atoms with Crippen molar-refractivity contribution in [3.05, 3.63) is 41.0 Å². The largest absolute Gasteiger partial charge is 0.480 e. The van der Waals surface area contributed by atoms with Crippen LogP contribution in [0.5, 0.6) is 0 Å². The summed E-state index contributed by atoms with van der Waals surface area (Å²) in [6, 6.07) is 7.14. The molecule has 2 atom stereocenters. The summed E-state index contributed by atoms with van der Waals surface area (Å²) < 4.78 is 0. The maximum Gasteiger partial charge on any atom is 0.321 e. The third-order valence-corrected chi connectivity index (χ3v) is 4.42. The first kappa shape index (κ1) is 14.1. The van der Waals surface area contributed by atoms with Gasteiger partial charge in [0.1, 0.15) is 11.8 Å². The van der Waals surface area contributed by atoms with Crippen molar-refractivity contribution in [2.75, 3.05) is 6.54 Å². The summed E-state index contributed by atoms with van der Waals surface area (Å²) in [5.74, 6) is -1.81. The van der Waals surface area contributed by atoms with Gasteiger partial charge in [0.15, 0.2) is 0 Å². The van der Waals surface area contributed by atoms with Crippen molar-refractivity contribution in [1.82, 2.24) is 5.32 Å². The summed E-state index contributed by atoms with van der Waals surface area (Å²) >= 11 is 5.16. The molecule has 2 aliphatic rings. The minimum atomic E-state index is -1.02. The third kappa shape index (κ3) is 2.66. The summed E-state index contributed by atoms with van der Waals surface area (Å²) in [7, 11) is 0. The number of nitrogens with one attached hydrogen (secondary N) is 1. The second-order valence-corrected chi connectivity index (χ2v) is 5.99. The van der Waals surface area contributed by atoms with Gasteiger partial charge in [-0.2, -0.15) is 0 Å². The fourth-order valence-corrected chi connectivity index (χ4v) is 3.37. The van der Waals surface area contributed by atoms with Gasteiger partial charge in [-0.3, -0.25) is 14.9 Å². The highest BCUT2D eigenvalue weighted by molar-refractivity contribution is 7.80. The first-order valence-electron chi connectivity index (χ1n) is 6.85. The summed E-state index contributed by atoms with van der Waals surface area (Å²) in [5.41, 5.74) is 3.38. The Morgan fingerprint density at radius 2 is 2.10 bits per heavy atom. The molecule has 0 radical (unpaired) electrons. The van der Waals surface area contributed by atoms with Crippen LogP contribution in [0.4, 0.5) is 0 Å². The number of carbonyl (C=O) groups excluding carboxylic acids is 1. The molecule has 0 saturated carbocycles. The van der Waals surface area contributed by atoms with E-state index in [1.54, 1.807) is 0 Å². The highest BCUT2D eigenvalue weighted by atomic mass is 32.1. The van der Waals surface area contributed by atoms with Crippen LogP contribution in [0, 0.1) is 5.92 Å². The number of fused-ring (bicyclic) bond motifs is 1. The average molecular weight is 301 g/mol. The molecule has 5 heteroatoms. The summed E-state index contributed by atoms with van der Waals surface area (Å²) in [6.45, 7) is 0.321. The van der Waals surface area contributed by atoms with Crippen molar-refractivity contribution in [3.8, 4) is 0 Å². The van der Waals surface area contributed by atoms with Gasteiger partial charge in [0.25, 0.3) is 0 Å². The highest BCUT2D eigenvalue weighted by Gasteiger charge is 2.41. The van der Waals surface area contributed by atoms with Crippen molar-refractivity contribution in [3.63, 3.8) is 0 Å². The monoisotopic (exact) mass is 301 g/mol. The Bertz CT molecular complexity index is 665. The molecule has 0 amide bonds. The SMILES string of the molecule is O=C(CC1=Cc2ccccc2C1)C1C(=S)CN[C@@H]1C(=O)O. The maximum absolute atomic E-state index is 12.4. The normalized spacial score (nSPS) is 23.8. The molecule has 1 unspecified atom stereocenters. The van der Waals surface area contributed by atoms with Gasteiger partial charge < -0.3 is 5.11 Å². The number of carboxylic acid groups (broad SMARTS) is 1. The molecule has 1 aromatic carbocycles. The van der Waals surface area contributed by atoms with E-state index in [-0.39, 0.29) is 12.2 Å². The molecular weight excluding hydrogens is 286 g/mol.